The van der Waals surface area contributed by atoms with Crippen molar-refractivity contribution in [2.24, 2.45) is 0 Å². The van der Waals surface area contributed by atoms with Crippen molar-refractivity contribution in [3.63, 3.8) is 0 Å². The standard InChI is InChI=1S/C20H17BrN6OS2/c1-20(2)7-13-14(8-28-20)30-17-15(13)16-22-10-23-27(16)18-24-25-19(26(17)18)29-9-11-3-5-12(21)6-4-11/h3-6,10H,7-9H2,1-2H3. The molecule has 5 aromatic rings. The van der Waals surface area contributed by atoms with Crippen LogP contribution in [0.3, 0.4) is 0 Å². The van der Waals surface area contributed by atoms with Gasteiger partial charge in [0.25, 0.3) is 5.78 Å². The van der Waals surface area contributed by atoms with E-state index in [1.165, 1.54) is 16.0 Å². The van der Waals surface area contributed by atoms with Crippen LogP contribution < -0.4 is 0 Å². The minimum Gasteiger partial charge on any atom is -0.370 e. The Morgan fingerprint density at radius 2 is 2.07 bits per heavy atom. The fourth-order valence-corrected chi connectivity index (χ4v) is 6.32. The van der Waals surface area contributed by atoms with E-state index in [1.54, 1.807) is 33.9 Å². The van der Waals surface area contributed by atoms with Crippen molar-refractivity contribution in [3.8, 4) is 0 Å². The molecule has 0 fully saturated rings. The maximum absolute atomic E-state index is 6.07. The van der Waals surface area contributed by atoms with Gasteiger partial charge in [-0.1, -0.05) is 39.8 Å². The van der Waals surface area contributed by atoms with Gasteiger partial charge in [0, 0.05) is 21.5 Å². The third kappa shape index (κ3) is 2.89. The highest BCUT2D eigenvalue weighted by Gasteiger charge is 2.32. The molecule has 0 saturated carbocycles. The summed E-state index contributed by atoms with van der Waals surface area (Å²) in [6, 6.07) is 8.36. The number of hydrogen-bond donors (Lipinski definition) is 0. The molecule has 0 saturated heterocycles. The molecule has 1 aliphatic rings. The summed E-state index contributed by atoms with van der Waals surface area (Å²) in [5.41, 5.74) is 3.19. The molecular weight excluding hydrogens is 484 g/mol. The molecule has 0 radical (unpaired) electrons. The largest absolute Gasteiger partial charge is 0.370 e. The molecule has 7 nitrogen and oxygen atoms in total. The predicted molar refractivity (Wildman–Crippen MR) is 121 cm³/mol. The number of thiophene rings is 1. The second kappa shape index (κ2) is 6.74. The first-order chi connectivity index (χ1) is 14.5. The molecule has 4 aromatic heterocycles. The summed E-state index contributed by atoms with van der Waals surface area (Å²) in [5, 5.41) is 15.4. The number of thioether (sulfide) groups is 1. The molecule has 0 amide bonds. The van der Waals surface area contributed by atoms with Crippen molar-refractivity contribution >= 4 is 60.7 Å². The second-order valence-electron chi connectivity index (χ2n) is 7.94. The topological polar surface area (TPSA) is 69.6 Å². The molecular formula is C20H17BrN6OS2. The average Bonchev–Trinajstić information content (AvgIpc) is 3.42. The summed E-state index contributed by atoms with van der Waals surface area (Å²) in [6.45, 7) is 4.89. The number of nitrogens with zero attached hydrogens (tertiary/aromatic N) is 6. The van der Waals surface area contributed by atoms with Gasteiger partial charge in [0.05, 0.1) is 17.6 Å². The molecule has 6 rings (SSSR count). The Bertz CT molecular complexity index is 1420. The molecule has 1 aliphatic heterocycles. The Morgan fingerprint density at radius 3 is 2.90 bits per heavy atom. The minimum absolute atomic E-state index is 0.195. The first kappa shape index (κ1) is 18.7. The molecule has 30 heavy (non-hydrogen) atoms. The molecule has 0 N–H and O–H groups in total. The van der Waals surface area contributed by atoms with Crippen LogP contribution in [0.5, 0.6) is 0 Å². The van der Waals surface area contributed by atoms with Gasteiger partial charge in [-0.2, -0.15) is 9.61 Å². The van der Waals surface area contributed by atoms with Crippen molar-refractivity contribution in [3.05, 3.63) is 51.1 Å². The van der Waals surface area contributed by atoms with E-state index >= 15 is 0 Å². The van der Waals surface area contributed by atoms with Gasteiger partial charge in [0.2, 0.25) is 0 Å². The fraction of sp³-hybridized carbons (Fsp3) is 0.300. The number of hydrogen-bond acceptors (Lipinski definition) is 7. The van der Waals surface area contributed by atoms with Gasteiger partial charge in [-0.3, -0.25) is 0 Å². The highest BCUT2D eigenvalue weighted by molar-refractivity contribution is 9.10. The van der Waals surface area contributed by atoms with Gasteiger partial charge in [0.1, 0.15) is 11.2 Å². The monoisotopic (exact) mass is 500 g/mol. The van der Waals surface area contributed by atoms with Crippen molar-refractivity contribution in [2.75, 3.05) is 0 Å². The third-order valence-electron chi connectivity index (χ3n) is 5.33. The number of halogens is 1. The number of rotatable bonds is 3. The minimum atomic E-state index is -0.195. The van der Waals surface area contributed by atoms with Gasteiger partial charge >= 0.3 is 0 Å². The zero-order chi connectivity index (χ0) is 20.5. The molecule has 0 spiro atoms. The lowest BCUT2D eigenvalue weighted by atomic mass is 9.94. The van der Waals surface area contributed by atoms with Crippen molar-refractivity contribution in [2.45, 2.75) is 43.4 Å². The fourth-order valence-electron chi connectivity index (χ4n) is 3.88. The molecule has 1 aromatic carbocycles. The van der Waals surface area contributed by atoms with E-state index in [0.717, 1.165) is 37.7 Å². The summed E-state index contributed by atoms with van der Waals surface area (Å²) >= 11 is 6.92. The van der Waals surface area contributed by atoms with Crippen LogP contribution in [0, 0.1) is 0 Å². The van der Waals surface area contributed by atoms with Crippen LogP contribution in [-0.4, -0.2) is 34.8 Å². The van der Waals surface area contributed by atoms with E-state index in [4.69, 9.17) is 4.74 Å². The molecule has 0 bridgehead atoms. The summed E-state index contributed by atoms with van der Waals surface area (Å²) in [4.78, 5) is 6.92. The van der Waals surface area contributed by atoms with Crippen LogP contribution in [0.2, 0.25) is 0 Å². The van der Waals surface area contributed by atoms with E-state index in [-0.39, 0.29) is 5.60 Å². The maximum atomic E-state index is 6.07. The normalized spacial score (nSPS) is 16.0. The van der Waals surface area contributed by atoms with E-state index in [2.05, 4.69) is 78.7 Å². The highest BCUT2D eigenvalue weighted by atomic mass is 79.9. The van der Waals surface area contributed by atoms with Crippen LogP contribution in [0.4, 0.5) is 0 Å². The summed E-state index contributed by atoms with van der Waals surface area (Å²) in [6.07, 6.45) is 2.44. The molecule has 0 aliphatic carbocycles. The molecule has 5 heterocycles. The Labute approximate surface area is 188 Å². The Hall–Kier alpha value is -2.01. The van der Waals surface area contributed by atoms with Crippen molar-refractivity contribution in [1.82, 2.24) is 29.2 Å². The Balaban J connectivity index is 1.54. The Kier molecular flexibility index (Phi) is 4.21. The second-order valence-corrected chi connectivity index (χ2v) is 10.9. The lowest BCUT2D eigenvalue weighted by Crippen LogP contribution is -2.31. The molecule has 152 valence electrons. The summed E-state index contributed by atoms with van der Waals surface area (Å²) in [5.74, 6) is 1.50. The number of aromatic nitrogens is 6. The van der Waals surface area contributed by atoms with Gasteiger partial charge < -0.3 is 4.74 Å². The smallest absolute Gasteiger partial charge is 0.260 e. The van der Waals surface area contributed by atoms with Gasteiger partial charge in [-0.15, -0.1) is 21.5 Å². The van der Waals surface area contributed by atoms with E-state index in [9.17, 15) is 0 Å². The van der Waals surface area contributed by atoms with E-state index in [0.29, 0.717) is 12.4 Å². The zero-order valence-electron chi connectivity index (χ0n) is 16.3. The molecule has 10 heteroatoms. The number of fused-ring (bicyclic) bond motifs is 8. The van der Waals surface area contributed by atoms with Crippen molar-refractivity contribution < 1.29 is 4.74 Å². The summed E-state index contributed by atoms with van der Waals surface area (Å²) in [7, 11) is 0. The maximum Gasteiger partial charge on any atom is 0.260 e. The first-order valence-corrected chi connectivity index (χ1v) is 12.1. The van der Waals surface area contributed by atoms with Crippen LogP contribution in [-0.2, 0) is 23.5 Å². The quantitative estimate of drug-likeness (QED) is 0.328. The highest BCUT2D eigenvalue weighted by Crippen LogP contribution is 2.41. The first-order valence-electron chi connectivity index (χ1n) is 9.52. The van der Waals surface area contributed by atoms with Crippen LogP contribution >= 0.6 is 39.0 Å². The van der Waals surface area contributed by atoms with Crippen LogP contribution in [0.1, 0.15) is 29.9 Å². The number of ether oxygens (including phenoxy) is 1. The molecule has 0 unspecified atom stereocenters. The summed E-state index contributed by atoms with van der Waals surface area (Å²) < 4.78 is 11.1. The predicted octanol–water partition coefficient (Wildman–Crippen LogP) is 4.89. The van der Waals surface area contributed by atoms with E-state index < -0.39 is 0 Å². The average molecular weight is 501 g/mol. The number of benzene rings is 1. The van der Waals surface area contributed by atoms with Crippen molar-refractivity contribution in [1.29, 1.82) is 0 Å². The molecule has 0 atom stereocenters. The van der Waals surface area contributed by atoms with Gasteiger partial charge in [-0.05, 0) is 37.1 Å². The lowest BCUT2D eigenvalue weighted by molar-refractivity contribution is -0.0379. The van der Waals surface area contributed by atoms with Crippen LogP contribution in [0.15, 0.2) is 40.2 Å². The van der Waals surface area contributed by atoms with E-state index in [1.807, 2.05) is 0 Å². The van der Waals surface area contributed by atoms with Gasteiger partial charge in [0.15, 0.2) is 10.8 Å². The Morgan fingerprint density at radius 1 is 1.23 bits per heavy atom. The van der Waals surface area contributed by atoms with Gasteiger partial charge in [-0.25, -0.2) is 9.38 Å². The SMILES string of the molecule is CC1(C)Cc2c(sc3c2c2ncnn2c2nnc(SCc4ccc(Br)cc4)n32)CO1. The lowest BCUT2D eigenvalue weighted by Gasteiger charge is -2.30. The van der Waals surface area contributed by atoms with Crippen LogP contribution in [0.25, 0.3) is 21.6 Å². The third-order valence-corrected chi connectivity index (χ3v) is 8.05. The zero-order valence-corrected chi connectivity index (χ0v) is 19.5.